The van der Waals surface area contributed by atoms with Crippen molar-refractivity contribution in [1.29, 1.82) is 0 Å². The Morgan fingerprint density at radius 2 is 0.906 bits per heavy atom. The van der Waals surface area contributed by atoms with Gasteiger partial charge in [0.15, 0.2) is 0 Å². The van der Waals surface area contributed by atoms with Gasteiger partial charge in [-0.3, -0.25) is 0 Å². The molecule has 2 aliphatic carbocycles. The second kappa shape index (κ2) is 13.8. The van der Waals surface area contributed by atoms with Crippen molar-refractivity contribution in [1.82, 2.24) is 0 Å². The molecular weight excluding hydrogens is 775 g/mol. The van der Waals surface area contributed by atoms with E-state index in [1.807, 2.05) is 0 Å². The average Bonchev–Trinajstić information content (AvgIpc) is 3.96. The lowest BCUT2D eigenvalue weighted by molar-refractivity contribution is 0.660. The molecule has 0 spiro atoms. The summed E-state index contributed by atoms with van der Waals surface area (Å²) < 4.78 is 6.80. The number of rotatable bonds is 6. The highest BCUT2D eigenvalue weighted by molar-refractivity contribution is 6.24. The van der Waals surface area contributed by atoms with Gasteiger partial charge in [0.25, 0.3) is 0 Å². The van der Waals surface area contributed by atoms with E-state index >= 15 is 0 Å². The first-order valence-electron chi connectivity index (χ1n) is 22.3. The van der Waals surface area contributed by atoms with Crippen LogP contribution in [0.5, 0.6) is 0 Å². The van der Waals surface area contributed by atoms with Crippen molar-refractivity contribution in [3.05, 3.63) is 258 Å². The molecule has 302 valence electrons. The molecule has 0 atom stereocenters. The topological polar surface area (TPSA) is 16.4 Å². The average molecular weight is 818 g/mol. The SMILES string of the molecule is CC1(C)c2ccccc2-c2ccc(N(c3ccc4c(c3)C(c3ccccc3)(c3ccccc3)c3ccccc3-4)c3ccc4oc5ccc6ccccc6c5c4c3-c3ccccc3)cc21. The molecule has 11 aromatic rings. The van der Waals surface area contributed by atoms with Gasteiger partial charge in [0.1, 0.15) is 11.2 Å². The van der Waals surface area contributed by atoms with Crippen molar-refractivity contribution in [2.24, 2.45) is 0 Å². The molecule has 2 aliphatic rings. The second-order valence-corrected chi connectivity index (χ2v) is 18.0. The molecule has 0 aliphatic heterocycles. The number of fused-ring (bicyclic) bond motifs is 11. The Bertz CT molecular complexity index is 3600. The minimum absolute atomic E-state index is 0.186. The van der Waals surface area contributed by atoms with Crippen molar-refractivity contribution < 1.29 is 4.42 Å². The van der Waals surface area contributed by atoms with E-state index in [-0.39, 0.29) is 5.41 Å². The molecule has 1 aromatic heterocycles. The third-order valence-corrected chi connectivity index (χ3v) is 14.3. The molecule has 0 bridgehead atoms. The van der Waals surface area contributed by atoms with Crippen LogP contribution in [0.3, 0.4) is 0 Å². The molecule has 2 heteroatoms. The van der Waals surface area contributed by atoms with Crippen LogP contribution in [0, 0.1) is 0 Å². The summed E-state index contributed by atoms with van der Waals surface area (Å²) in [6.45, 7) is 4.74. The van der Waals surface area contributed by atoms with Gasteiger partial charge < -0.3 is 9.32 Å². The van der Waals surface area contributed by atoms with Gasteiger partial charge in [-0.2, -0.15) is 0 Å². The van der Waals surface area contributed by atoms with Gasteiger partial charge in [0.2, 0.25) is 0 Å². The molecule has 0 fully saturated rings. The van der Waals surface area contributed by atoms with E-state index in [4.69, 9.17) is 4.42 Å². The van der Waals surface area contributed by atoms with Crippen molar-refractivity contribution in [2.75, 3.05) is 4.90 Å². The lowest BCUT2D eigenvalue weighted by atomic mass is 9.67. The van der Waals surface area contributed by atoms with Crippen LogP contribution in [0.15, 0.2) is 229 Å². The van der Waals surface area contributed by atoms with Crippen LogP contribution >= 0.6 is 0 Å². The molecule has 0 unspecified atom stereocenters. The van der Waals surface area contributed by atoms with E-state index in [9.17, 15) is 0 Å². The zero-order valence-corrected chi connectivity index (χ0v) is 35.7. The van der Waals surface area contributed by atoms with Crippen molar-refractivity contribution in [2.45, 2.75) is 24.7 Å². The highest BCUT2D eigenvalue weighted by Gasteiger charge is 2.46. The Balaban J connectivity index is 1.15. The van der Waals surface area contributed by atoms with E-state index in [0.717, 1.165) is 50.1 Å². The van der Waals surface area contributed by atoms with Crippen LogP contribution in [0.2, 0.25) is 0 Å². The van der Waals surface area contributed by atoms with Crippen LogP contribution in [0.25, 0.3) is 66.1 Å². The summed E-state index contributed by atoms with van der Waals surface area (Å²) in [6, 6.07) is 82.9. The molecule has 0 radical (unpaired) electrons. The number of hydrogen-bond donors (Lipinski definition) is 0. The fourth-order valence-corrected chi connectivity index (χ4v) is 11.5. The molecule has 64 heavy (non-hydrogen) atoms. The molecule has 0 saturated heterocycles. The van der Waals surface area contributed by atoms with Crippen LogP contribution in [0.1, 0.15) is 47.2 Å². The van der Waals surface area contributed by atoms with E-state index in [2.05, 4.69) is 243 Å². The van der Waals surface area contributed by atoms with Gasteiger partial charge in [-0.25, -0.2) is 0 Å². The Morgan fingerprint density at radius 3 is 1.61 bits per heavy atom. The summed E-state index contributed by atoms with van der Waals surface area (Å²) in [6.07, 6.45) is 0. The summed E-state index contributed by atoms with van der Waals surface area (Å²) >= 11 is 0. The fraction of sp³-hybridized carbons (Fsp3) is 0.0645. The van der Waals surface area contributed by atoms with Gasteiger partial charge in [0.05, 0.1) is 11.1 Å². The maximum atomic E-state index is 6.80. The first-order valence-corrected chi connectivity index (χ1v) is 22.3. The van der Waals surface area contributed by atoms with Gasteiger partial charge in [-0.1, -0.05) is 196 Å². The normalized spacial score (nSPS) is 14.0. The molecule has 2 nitrogen and oxygen atoms in total. The number of nitrogens with zero attached hydrogens (tertiary/aromatic N) is 1. The Morgan fingerprint density at radius 1 is 0.391 bits per heavy atom. The maximum Gasteiger partial charge on any atom is 0.136 e. The molecular formula is C62H43NO. The third-order valence-electron chi connectivity index (χ3n) is 14.3. The lowest BCUT2D eigenvalue weighted by Gasteiger charge is -2.35. The standard InChI is InChI=1S/C62H43NO/c1-61(2)51-28-16-14-26-47(51)49-33-31-44(38-53(49)61)63(55-35-37-57-60(58(55)41-19-6-3-7-20-41)59-46-25-13-12-18-40(46)30-36-56(59)64-57)45-32-34-50-48-27-15-17-29-52(48)62(54(50)39-45,42-21-8-4-9-22-42)43-23-10-5-11-24-43/h3-39H,1-2H3. The Labute approximate surface area is 373 Å². The van der Waals surface area contributed by atoms with Crippen LogP contribution in [-0.2, 0) is 10.8 Å². The molecule has 0 amide bonds. The minimum Gasteiger partial charge on any atom is -0.456 e. The predicted octanol–water partition coefficient (Wildman–Crippen LogP) is 16.5. The Hall–Kier alpha value is -7.94. The number of benzene rings is 10. The number of anilines is 3. The first kappa shape index (κ1) is 36.7. The molecule has 0 N–H and O–H groups in total. The van der Waals surface area contributed by atoms with Crippen LogP contribution in [0.4, 0.5) is 17.1 Å². The minimum atomic E-state index is -0.552. The number of hydrogen-bond acceptors (Lipinski definition) is 2. The Kier molecular flexibility index (Phi) is 7.90. The summed E-state index contributed by atoms with van der Waals surface area (Å²) in [7, 11) is 0. The van der Waals surface area contributed by atoms with Crippen molar-refractivity contribution in [3.8, 4) is 33.4 Å². The second-order valence-electron chi connectivity index (χ2n) is 18.0. The summed E-state index contributed by atoms with van der Waals surface area (Å²) in [5.74, 6) is 0. The van der Waals surface area contributed by atoms with Crippen LogP contribution in [-0.4, -0.2) is 0 Å². The first-order chi connectivity index (χ1) is 31.5. The monoisotopic (exact) mass is 817 g/mol. The quantitative estimate of drug-likeness (QED) is 0.166. The van der Waals surface area contributed by atoms with Gasteiger partial charge >= 0.3 is 0 Å². The molecule has 13 rings (SSSR count). The van der Waals surface area contributed by atoms with Gasteiger partial charge in [0, 0.05) is 33.1 Å². The van der Waals surface area contributed by atoms with Crippen molar-refractivity contribution in [3.63, 3.8) is 0 Å². The predicted molar refractivity (Wildman–Crippen MR) is 266 cm³/mol. The maximum absolute atomic E-state index is 6.80. The van der Waals surface area contributed by atoms with Crippen molar-refractivity contribution >= 4 is 49.8 Å². The summed E-state index contributed by atoms with van der Waals surface area (Å²) in [4.78, 5) is 2.52. The smallest absolute Gasteiger partial charge is 0.136 e. The van der Waals surface area contributed by atoms with E-state index in [1.54, 1.807) is 0 Å². The van der Waals surface area contributed by atoms with E-state index < -0.39 is 5.41 Å². The summed E-state index contributed by atoms with van der Waals surface area (Å²) in [5.41, 5.74) is 19.5. The summed E-state index contributed by atoms with van der Waals surface area (Å²) in [5, 5.41) is 4.62. The zero-order valence-electron chi connectivity index (χ0n) is 35.7. The molecule has 1 heterocycles. The fourth-order valence-electron chi connectivity index (χ4n) is 11.5. The van der Waals surface area contributed by atoms with Gasteiger partial charge in [-0.05, 0) is 114 Å². The third kappa shape index (κ3) is 5.08. The van der Waals surface area contributed by atoms with Crippen LogP contribution < -0.4 is 4.90 Å². The highest BCUT2D eigenvalue weighted by Crippen LogP contribution is 2.58. The highest BCUT2D eigenvalue weighted by atomic mass is 16.3. The number of furan rings is 1. The molecule has 0 saturated carbocycles. The van der Waals surface area contributed by atoms with Gasteiger partial charge in [-0.15, -0.1) is 0 Å². The largest absolute Gasteiger partial charge is 0.456 e. The lowest BCUT2D eigenvalue weighted by Crippen LogP contribution is -2.28. The van der Waals surface area contributed by atoms with E-state index in [1.165, 1.54) is 66.4 Å². The zero-order chi connectivity index (χ0) is 42.6. The molecule has 10 aromatic carbocycles. The van der Waals surface area contributed by atoms with E-state index in [0.29, 0.717) is 0 Å².